The number of amides is 1. The number of rotatable bonds is 2. The molecule has 0 saturated heterocycles. The van der Waals surface area contributed by atoms with E-state index in [0.29, 0.717) is 24.4 Å². The Kier molecular flexibility index (Phi) is 4.30. The summed E-state index contributed by atoms with van der Waals surface area (Å²) in [7, 11) is 0. The summed E-state index contributed by atoms with van der Waals surface area (Å²) < 4.78 is 45.8. The molecule has 3 aromatic rings. The highest BCUT2D eigenvalue weighted by molar-refractivity contribution is 6.35. The quantitative estimate of drug-likeness (QED) is 0.687. The van der Waals surface area contributed by atoms with Crippen molar-refractivity contribution >= 4 is 34.1 Å². The van der Waals surface area contributed by atoms with E-state index in [-0.39, 0.29) is 21.7 Å². The number of aromatic nitrogens is 1. The van der Waals surface area contributed by atoms with Crippen LogP contribution >= 0.6 is 11.6 Å². The van der Waals surface area contributed by atoms with E-state index in [2.05, 4.69) is 5.32 Å². The molecular weight excluding hydrogens is 397 g/mol. The molecule has 0 aliphatic carbocycles. The second kappa shape index (κ2) is 6.56. The Labute approximate surface area is 161 Å². The van der Waals surface area contributed by atoms with Crippen LogP contribution in [-0.2, 0) is 12.7 Å². The van der Waals surface area contributed by atoms with Crippen molar-refractivity contribution in [2.24, 2.45) is 0 Å². The highest BCUT2D eigenvalue weighted by atomic mass is 35.5. The van der Waals surface area contributed by atoms with Crippen LogP contribution < -0.4 is 15.5 Å². The summed E-state index contributed by atoms with van der Waals surface area (Å²) in [6.07, 6.45) is -3.17. The molecule has 1 N–H and O–H groups in total. The van der Waals surface area contributed by atoms with E-state index in [1.165, 1.54) is 24.4 Å². The van der Waals surface area contributed by atoms with Crippen LogP contribution in [0.1, 0.15) is 15.9 Å². The van der Waals surface area contributed by atoms with Gasteiger partial charge < -0.3 is 14.6 Å². The number of nitrogens with zero attached hydrogens (tertiary/aromatic N) is 1. The molecule has 28 heavy (non-hydrogen) atoms. The van der Waals surface area contributed by atoms with E-state index < -0.39 is 23.1 Å². The third-order valence-corrected chi connectivity index (χ3v) is 4.73. The molecule has 0 atom stereocenters. The smallest absolute Gasteiger partial charge is 0.416 e. The molecule has 5 nitrogen and oxygen atoms in total. The molecule has 0 spiro atoms. The van der Waals surface area contributed by atoms with Crippen LogP contribution in [0, 0.1) is 0 Å². The lowest BCUT2D eigenvalue weighted by molar-refractivity contribution is -0.137. The molecule has 0 fully saturated rings. The number of carbonyl (C=O) groups excluding carboxylic acids is 1. The predicted molar refractivity (Wildman–Crippen MR) is 98.1 cm³/mol. The zero-order valence-corrected chi connectivity index (χ0v) is 14.9. The molecule has 1 aliphatic rings. The first-order valence-electron chi connectivity index (χ1n) is 8.23. The van der Waals surface area contributed by atoms with Gasteiger partial charge in [0.25, 0.3) is 5.91 Å². The first kappa shape index (κ1) is 18.4. The standard InChI is InChI=1S/C19H12ClF3N2O3/c20-13-4-5-14-16-15(13)17(26)12(9-25(16)6-7-28-14)18(27)24-11-3-1-2-10(8-11)19(21,22)23/h1-5,8-9H,6-7H2,(H,24,27). The van der Waals surface area contributed by atoms with Crippen LogP contribution in [0.3, 0.4) is 0 Å². The van der Waals surface area contributed by atoms with Gasteiger partial charge in [-0.2, -0.15) is 13.2 Å². The summed E-state index contributed by atoms with van der Waals surface area (Å²) in [4.78, 5) is 25.5. The van der Waals surface area contributed by atoms with Crippen molar-refractivity contribution in [2.45, 2.75) is 12.7 Å². The monoisotopic (exact) mass is 408 g/mol. The van der Waals surface area contributed by atoms with E-state index in [0.717, 1.165) is 12.1 Å². The molecule has 0 radical (unpaired) electrons. The van der Waals surface area contributed by atoms with Crippen molar-refractivity contribution < 1.29 is 22.7 Å². The van der Waals surface area contributed by atoms with Gasteiger partial charge in [0.1, 0.15) is 17.9 Å². The number of alkyl halides is 3. The Morgan fingerprint density at radius 2 is 2.00 bits per heavy atom. The maximum absolute atomic E-state index is 12.9. The molecule has 0 saturated carbocycles. The van der Waals surface area contributed by atoms with Crippen LogP contribution in [0.4, 0.5) is 18.9 Å². The summed E-state index contributed by atoms with van der Waals surface area (Å²) in [5.41, 5.74) is -1.32. The van der Waals surface area contributed by atoms with Crippen LogP contribution in [0.5, 0.6) is 5.75 Å². The molecule has 1 aromatic heterocycles. The summed E-state index contributed by atoms with van der Waals surface area (Å²) >= 11 is 6.17. The maximum Gasteiger partial charge on any atom is 0.416 e. The second-order valence-electron chi connectivity index (χ2n) is 6.22. The van der Waals surface area contributed by atoms with Gasteiger partial charge in [0.05, 0.1) is 28.0 Å². The molecule has 4 rings (SSSR count). The van der Waals surface area contributed by atoms with Crippen molar-refractivity contribution in [3.8, 4) is 5.75 Å². The zero-order chi connectivity index (χ0) is 20.1. The molecule has 0 unspecified atom stereocenters. The third-order valence-electron chi connectivity index (χ3n) is 4.42. The second-order valence-corrected chi connectivity index (χ2v) is 6.62. The summed E-state index contributed by atoms with van der Waals surface area (Å²) in [5.74, 6) is -0.337. The van der Waals surface area contributed by atoms with Gasteiger partial charge in [-0.25, -0.2) is 0 Å². The lowest BCUT2D eigenvalue weighted by Gasteiger charge is -2.22. The molecule has 2 aromatic carbocycles. The molecule has 1 amide bonds. The number of hydrogen-bond acceptors (Lipinski definition) is 3. The largest absolute Gasteiger partial charge is 0.490 e. The molecular formula is C19H12ClF3N2O3. The number of anilines is 1. The fourth-order valence-electron chi connectivity index (χ4n) is 3.14. The molecule has 1 aliphatic heterocycles. The molecule has 2 heterocycles. The van der Waals surface area contributed by atoms with Gasteiger partial charge in [0.15, 0.2) is 0 Å². The van der Waals surface area contributed by atoms with E-state index in [9.17, 15) is 22.8 Å². The zero-order valence-electron chi connectivity index (χ0n) is 14.1. The van der Waals surface area contributed by atoms with Crippen molar-refractivity contribution in [3.05, 3.63) is 69.0 Å². The van der Waals surface area contributed by atoms with Gasteiger partial charge >= 0.3 is 6.18 Å². The van der Waals surface area contributed by atoms with E-state index in [1.807, 2.05) is 0 Å². The van der Waals surface area contributed by atoms with Crippen molar-refractivity contribution in [1.29, 1.82) is 0 Å². The summed E-state index contributed by atoms with van der Waals surface area (Å²) in [6, 6.07) is 7.34. The minimum atomic E-state index is -4.54. The fourth-order valence-corrected chi connectivity index (χ4v) is 3.38. The lowest BCUT2D eigenvalue weighted by Crippen LogP contribution is -2.27. The van der Waals surface area contributed by atoms with Gasteiger partial charge in [-0.15, -0.1) is 0 Å². The number of nitrogens with one attached hydrogen (secondary N) is 1. The highest BCUT2D eigenvalue weighted by Crippen LogP contribution is 2.33. The van der Waals surface area contributed by atoms with E-state index >= 15 is 0 Å². The average Bonchev–Trinajstić information content (AvgIpc) is 2.65. The number of pyridine rings is 1. The number of ether oxygens (including phenoxy) is 1. The van der Waals surface area contributed by atoms with Gasteiger partial charge in [-0.05, 0) is 30.3 Å². The van der Waals surface area contributed by atoms with Gasteiger partial charge in [-0.1, -0.05) is 17.7 Å². The van der Waals surface area contributed by atoms with Crippen molar-refractivity contribution in [1.82, 2.24) is 4.57 Å². The Balaban J connectivity index is 1.78. The normalized spacial score (nSPS) is 13.3. The maximum atomic E-state index is 12.9. The first-order valence-corrected chi connectivity index (χ1v) is 8.60. The molecule has 0 bridgehead atoms. The van der Waals surface area contributed by atoms with Crippen LogP contribution in [0.25, 0.3) is 10.9 Å². The number of benzene rings is 2. The molecule has 9 heteroatoms. The van der Waals surface area contributed by atoms with Gasteiger partial charge in [0, 0.05) is 11.9 Å². The van der Waals surface area contributed by atoms with Crippen molar-refractivity contribution in [3.63, 3.8) is 0 Å². The van der Waals surface area contributed by atoms with E-state index in [1.54, 1.807) is 10.6 Å². The third kappa shape index (κ3) is 3.09. The number of carbonyl (C=O) groups is 1. The number of hydrogen-bond donors (Lipinski definition) is 1. The van der Waals surface area contributed by atoms with Crippen LogP contribution in [0.2, 0.25) is 5.02 Å². The van der Waals surface area contributed by atoms with Crippen molar-refractivity contribution in [2.75, 3.05) is 11.9 Å². The van der Waals surface area contributed by atoms with Crippen LogP contribution in [0.15, 0.2) is 47.4 Å². The fraction of sp³-hybridized carbons (Fsp3) is 0.158. The Morgan fingerprint density at radius 1 is 1.21 bits per heavy atom. The highest BCUT2D eigenvalue weighted by Gasteiger charge is 2.30. The topological polar surface area (TPSA) is 60.3 Å². The molecule has 144 valence electrons. The van der Waals surface area contributed by atoms with Gasteiger partial charge in [-0.3, -0.25) is 9.59 Å². The Hall–Kier alpha value is -3.00. The minimum absolute atomic E-state index is 0.0684. The van der Waals surface area contributed by atoms with Gasteiger partial charge in [0.2, 0.25) is 5.43 Å². The van der Waals surface area contributed by atoms with E-state index in [4.69, 9.17) is 16.3 Å². The predicted octanol–water partition coefficient (Wildman–Crippen LogP) is 4.32. The number of halogens is 4. The minimum Gasteiger partial charge on any atom is -0.490 e. The Morgan fingerprint density at radius 3 is 2.75 bits per heavy atom. The average molecular weight is 409 g/mol. The van der Waals surface area contributed by atoms with Crippen LogP contribution in [-0.4, -0.2) is 17.1 Å². The SMILES string of the molecule is O=C(Nc1cccc(C(F)(F)F)c1)c1cn2c3c(ccc(Cl)c3c1=O)OCC2. The Bertz CT molecular complexity index is 1170. The summed E-state index contributed by atoms with van der Waals surface area (Å²) in [5, 5.41) is 2.65. The lowest BCUT2D eigenvalue weighted by atomic mass is 10.1. The summed E-state index contributed by atoms with van der Waals surface area (Å²) in [6.45, 7) is 0.745. The first-order chi connectivity index (χ1) is 13.3.